The van der Waals surface area contributed by atoms with E-state index in [-0.39, 0.29) is 16.4 Å². The molecule has 0 aliphatic carbocycles. The van der Waals surface area contributed by atoms with Crippen LogP contribution in [-0.2, 0) is 0 Å². The molecule has 1 aliphatic heterocycles. The summed E-state index contributed by atoms with van der Waals surface area (Å²) in [6.07, 6.45) is 1.16. The van der Waals surface area contributed by atoms with Crippen molar-refractivity contribution in [3.05, 3.63) is 52.9 Å². The van der Waals surface area contributed by atoms with Crippen LogP contribution in [0.15, 0.2) is 46.5 Å². The average Bonchev–Trinajstić information content (AvgIpc) is 3.07. The van der Waals surface area contributed by atoms with Gasteiger partial charge in [0.2, 0.25) is 11.8 Å². The van der Waals surface area contributed by atoms with Gasteiger partial charge in [-0.2, -0.15) is 9.98 Å². The Balaban J connectivity index is 1.74. The molecule has 9 heteroatoms. The third kappa shape index (κ3) is 1.99. The quantitative estimate of drug-likeness (QED) is 0.688. The standard InChI is InChI=1S/C15H8N4O5/c20-12-8-3-1-2-4-9(8)13(21)19(12)24-14(22)7-5-10-11(16-6-7)18-15(23)17-10/h1-6,20-21H. The van der Waals surface area contributed by atoms with Gasteiger partial charge in [0.25, 0.3) is 0 Å². The summed E-state index contributed by atoms with van der Waals surface area (Å²) in [5.41, 5.74) is 0.105. The molecule has 0 fully saturated rings. The van der Waals surface area contributed by atoms with Crippen molar-refractivity contribution in [2.45, 2.75) is 0 Å². The molecule has 0 spiro atoms. The molecule has 24 heavy (non-hydrogen) atoms. The number of amides is 2. The summed E-state index contributed by atoms with van der Waals surface area (Å²) in [7, 11) is 0. The monoisotopic (exact) mass is 324 g/mol. The summed E-state index contributed by atoms with van der Waals surface area (Å²) in [6.45, 7) is 0. The first kappa shape index (κ1) is 13.9. The van der Waals surface area contributed by atoms with Gasteiger partial charge >= 0.3 is 12.0 Å². The van der Waals surface area contributed by atoms with Crippen LogP contribution in [0.2, 0.25) is 0 Å². The van der Waals surface area contributed by atoms with E-state index in [2.05, 4.69) is 15.0 Å². The first-order chi connectivity index (χ1) is 11.5. The number of carbonyl (C=O) groups is 2. The van der Waals surface area contributed by atoms with Crippen LogP contribution in [0, 0.1) is 0 Å². The lowest BCUT2D eigenvalue weighted by molar-refractivity contribution is 0.0385. The molecule has 3 heterocycles. The lowest BCUT2D eigenvalue weighted by atomic mass is 10.2. The van der Waals surface area contributed by atoms with Crippen molar-refractivity contribution in [3.8, 4) is 11.8 Å². The van der Waals surface area contributed by atoms with E-state index in [9.17, 15) is 19.8 Å². The minimum Gasteiger partial charge on any atom is -0.492 e. The van der Waals surface area contributed by atoms with Crippen molar-refractivity contribution in [2.24, 2.45) is 9.98 Å². The first-order valence-corrected chi connectivity index (χ1v) is 6.76. The van der Waals surface area contributed by atoms with E-state index in [0.29, 0.717) is 15.5 Å². The van der Waals surface area contributed by atoms with Gasteiger partial charge in [-0.3, -0.25) is 0 Å². The highest BCUT2D eigenvalue weighted by Gasteiger charge is 2.20. The van der Waals surface area contributed by atoms with Gasteiger partial charge in [-0.25, -0.2) is 14.6 Å². The molecule has 0 radical (unpaired) electrons. The number of pyridine rings is 1. The Bertz CT molecular complexity index is 1110. The summed E-state index contributed by atoms with van der Waals surface area (Å²) in [5.74, 6) is -1.73. The van der Waals surface area contributed by atoms with Crippen molar-refractivity contribution in [1.29, 1.82) is 0 Å². The van der Waals surface area contributed by atoms with E-state index in [4.69, 9.17) is 4.84 Å². The van der Waals surface area contributed by atoms with Crippen LogP contribution >= 0.6 is 0 Å². The Morgan fingerprint density at radius 3 is 2.42 bits per heavy atom. The number of aromatic hydroxyl groups is 2. The Hall–Kier alpha value is -3.75. The van der Waals surface area contributed by atoms with E-state index in [1.807, 2.05) is 0 Å². The van der Waals surface area contributed by atoms with Gasteiger partial charge in [0.1, 0.15) is 5.36 Å². The summed E-state index contributed by atoms with van der Waals surface area (Å²) in [4.78, 5) is 39.3. The number of benzene rings is 1. The Morgan fingerprint density at radius 1 is 1.08 bits per heavy atom. The third-order valence-corrected chi connectivity index (χ3v) is 3.47. The molecule has 9 nitrogen and oxygen atoms in total. The van der Waals surface area contributed by atoms with Gasteiger partial charge in [0, 0.05) is 6.20 Å². The Kier molecular flexibility index (Phi) is 2.82. The van der Waals surface area contributed by atoms with Crippen LogP contribution in [0.1, 0.15) is 10.4 Å². The van der Waals surface area contributed by atoms with Crippen LogP contribution in [0.5, 0.6) is 11.8 Å². The highest BCUT2D eigenvalue weighted by atomic mass is 16.7. The molecular formula is C15H8N4O5. The van der Waals surface area contributed by atoms with Gasteiger partial charge < -0.3 is 15.1 Å². The number of hydrogen-bond acceptors (Lipinski definition) is 6. The zero-order valence-corrected chi connectivity index (χ0v) is 11.9. The first-order valence-electron chi connectivity index (χ1n) is 6.76. The van der Waals surface area contributed by atoms with Crippen LogP contribution in [0.4, 0.5) is 4.79 Å². The number of nitrogens with zero attached hydrogens (tertiary/aromatic N) is 4. The fourth-order valence-corrected chi connectivity index (χ4v) is 2.36. The van der Waals surface area contributed by atoms with E-state index in [1.54, 1.807) is 24.3 Å². The largest absolute Gasteiger partial charge is 0.492 e. The fraction of sp³-hybridized carbons (Fsp3) is 0. The summed E-state index contributed by atoms with van der Waals surface area (Å²) < 4.78 is 0.618. The van der Waals surface area contributed by atoms with E-state index < -0.39 is 23.8 Å². The van der Waals surface area contributed by atoms with Crippen molar-refractivity contribution in [3.63, 3.8) is 0 Å². The van der Waals surface area contributed by atoms with Gasteiger partial charge in [0.05, 0.1) is 16.3 Å². The normalized spacial score (nSPS) is 12.6. The number of hydrogen-bond donors (Lipinski definition) is 2. The fourth-order valence-electron chi connectivity index (χ4n) is 2.36. The van der Waals surface area contributed by atoms with Gasteiger partial charge in [-0.15, -0.1) is 4.73 Å². The zero-order valence-electron chi connectivity index (χ0n) is 11.9. The van der Waals surface area contributed by atoms with E-state index in [1.165, 1.54) is 6.07 Å². The van der Waals surface area contributed by atoms with Crippen LogP contribution in [0.3, 0.4) is 0 Å². The Labute approximate surface area is 132 Å². The molecule has 0 saturated heterocycles. The van der Waals surface area contributed by atoms with Crippen LogP contribution < -0.4 is 15.7 Å². The molecule has 3 aromatic rings. The third-order valence-electron chi connectivity index (χ3n) is 3.47. The van der Waals surface area contributed by atoms with Gasteiger partial charge in [-0.1, -0.05) is 12.1 Å². The second-order valence-electron chi connectivity index (χ2n) is 4.94. The van der Waals surface area contributed by atoms with Crippen molar-refractivity contribution < 1.29 is 24.6 Å². The molecule has 2 amide bonds. The second-order valence-corrected chi connectivity index (χ2v) is 4.94. The minimum absolute atomic E-state index is 0.0149. The van der Waals surface area contributed by atoms with Crippen molar-refractivity contribution in [2.75, 3.05) is 0 Å². The van der Waals surface area contributed by atoms with Gasteiger partial charge in [0.15, 0.2) is 5.49 Å². The summed E-state index contributed by atoms with van der Waals surface area (Å²) in [6, 6.07) is 7.06. The second kappa shape index (κ2) is 4.88. The summed E-state index contributed by atoms with van der Waals surface area (Å²) >= 11 is 0. The predicted molar refractivity (Wildman–Crippen MR) is 78.1 cm³/mol. The van der Waals surface area contributed by atoms with E-state index >= 15 is 0 Å². The molecule has 2 N–H and O–H groups in total. The molecule has 4 rings (SSSR count). The molecule has 0 unspecified atom stereocenters. The maximum absolute atomic E-state index is 12.2. The number of rotatable bonds is 2. The average molecular weight is 324 g/mol. The Morgan fingerprint density at radius 2 is 1.75 bits per heavy atom. The predicted octanol–water partition coefficient (Wildman–Crippen LogP) is 0.0893. The number of aromatic nitrogens is 2. The lowest BCUT2D eigenvalue weighted by Crippen LogP contribution is -2.28. The van der Waals surface area contributed by atoms with E-state index in [0.717, 1.165) is 6.20 Å². The molecular weight excluding hydrogens is 316 g/mol. The smallest absolute Gasteiger partial charge is 0.369 e. The van der Waals surface area contributed by atoms with Crippen molar-refractivity contribution in [1.82, 2.24) is 9.71 Å². The highest BCUT2D eigenvalue weighted by Crippen LogP contribution is 2.34. The summed E-state index contributed by atoms with van der Waals surface area (Å²) in [5, 5.41) is 21.0. The molecule has 0 atom stereocenters. The molecule has 2 aromatic heterocycles. The van der Waals surface area contributed by atoms with Crippen LogP contribution in [0.25, 0.3) is 10.8 Å². The lowest BCUT2D eigenvalue weighted by Gasteiger charge is -2.06. The SMILES string of the molecule is O=C1N=c2cc(C(=O)On3c(O)c4ccccc4c3O)cnc2=N1. The molecule has 0 saturated carbocycles. The topological polar surface area (TPSA) is 126 Å². The minimum atomic E-state index is -0.897. The highest BCUT2D eigenvalue weighted by molar-refractivity contribution is 5.94. The maximum atomic E-state index is 12.2. The maximum Gasteiger partial charge on any atom is 0.369 e. The van der Waals surface area contributed by atoms with Crippen molar-refractivity contribution >= 4 is 22.8 Å². The molecule has 1 aliphatic rings. The number of urea groups is 1. The van der Waals surface area contributed by atoms with Crippen LogP contribution in [-0.4, -0.2) is 31.9 Å². The molecule has 1 aromatic carbocycles. The van der Waals surface area contributed by atoms with Gasteiger partial charge in [-0.05, 0) is 18.2 Å². The number of fused-ring (bicyclic) bond motifs is 2. The zero-order chi connectivity index (χ0) is 16.8. The number of carbonyl (C=O) groups excluding carboxylic acids is 2. The molecule has 0 bridgehead atoms. The molecule has 118 valence electrons.